The van der Waals surface area contributed by atoms with Gasteiger partial charge in [-0.2, -0.15) is 5.26 Å². The van der Waals surface area contributed by atoms with Crippen LogP contribution in [-0.4, -0.2) is 33.6 Å². The lowest BCUT2D eigenvalue weighted by Gasteiger charge is -2.35. The van der Waals surface area contributed by atoms with Gasteiger partial charge in [-0.15, -0.1) is 0 Å². The van der Waals surface area contributed by atoms with Crippen molar-refractivity contribution in [3.8, 4) is 6.07 Å². The third kappa shape index (κ3) is 3.54. The van der Waals surface area contributed by atoms with Gasteiger partial charge in [-0.3, -0.25) is 0 Å². The third-order valence-corrected chi connectivity index (χ3v) is 3.54. The molecule has 1 aromatic carbocycles. The molecule has 1 aromatic rings. The molecular formula is C18H20N2O4. The standard InChI is InChI=1S/C18H20N2O4/c1-17(2,3)24-16(21)14-8-7-13(15(20)18(14,22)23)12-6-4-5-11(9-12)10-19/h4-9,15,22-23H,20H2,1-3H3. The van der Waals surface area contributed by atoms with Crippen molar-refractivity contribution in [2.45, 2.75) is 38.2 Å². The van der Waals surface area contributed by atoms with Gasteiger partial charge >= 0.3 is 5.97 Å². The van der Waals surface area contributed by atoms with E-state index in [-0.39, 0.29) is 5.57 Å². The van der Waals surface area contributed by atoms with Crippen molar-refractivity contribution < 1.29 is 19.7 Å². The molecule has 1 aliphatic rings. The van der Waals surface area contributed by atoms with Crippen molar-refractivity contribution >= 4 is 11.5 Å². The van der Waals surface area contributed by atoms with Crippen LogP contribution in [0.5, 0.6) is 0 Å². The predicted octanol–water partition coefficient (Wildman–Crippen LogP) is 1.23. The average Bonchev–Trinajstić information content (AvgIpc) is 2.48. The van der Waals surface area contributed by atoms with Crippen LogP contribution in [-0.2, 0) is 9.53 Å². The number of hydrogen-bond donors (Lipinski definition) is 3. The molecule has 126 valence electrons. The fraction of sp³-hybridized carbons (Fsp3) is 0.333. The molecule has 2 rings (SSSR count). The number of hydrogen-bond acceptors (Lipinski definition) is 6. The van der Waals surface area contributed by atoms with E-state index in [2.05, 4.69) is 0 Å². The number of nitriles is 1. The molecule has 6 nitrogen and oxygen atoms in total. The maximum atomic E-state index is 12.2. The minimum Gasteiger partial charge on any atom is -0.456 e. The van der Waals surface area contributed by atoms with E-state index in [1.54, 1.807) is 45.0 Å². The van der Waals surface area contributed by atoms with Crippen LogP contribution in [0.4, 0.5) is 0 Å². The molecule has 24 heavy (non-hydrogen) atoms. The molecule has 0 heterocycles. The number of aliphatic hydroxyl groups is 2. The molecule has 1 atom stereocenters. The van der Waals surface area contributed by atoms with Crippen LogP contribution in [0.2, 0.25) is 0 Å². The molecular weight excluding hydrogens is 308 g/mol. The summed E-state index contributed by atoms with van der Waals surface area (Å²) in [5.74, 6) is -3.42. The van der Waals surface area contributed by atoms with Crippen LogP contribution in [0.25, 0.3) is 5.57 Å². The first kappa shape index (κ1) is 17.9. The van der Waals surface area contributed by atoms with E-state index in [1.165, 1.54) is 12.2 Å². The Hall–Kier alpha value is -2.46. The molecule has 1 unspecified atom stereocenters. The van der Waals surface area contributed by atoms with E-state index in [9.17, 15) is 15.0 Å². The van der Waals surface area contributed by atoms with Crippen molar-refractivity contribution in [3.05, 3.63) is 53.1 Å². The quantitative estimate of drug-likeness (QED) is 0.555. The maximum absolute atomic E-state index is 12.2. The fourth-order valence-electron chi connectivity index (χ4n) is 2.38. The van der Waals surface area contributed by atoms with Gasteiger partial charge in [0.05, 0.1) is 23.2 Å². The summed E-state index contributed by atoms with van der Waals surface area (Å²) in [5.41, 5.74) is 6.27. The molecule has 0 aromatic heterocycles. The van der Waals surface area contributed by atoms with Crippen LogP contribution in [0.1, 0.15) is 31.9 Å². The summed E-state index contributed by atoms with van der Waals surface area (Å²) in [6.07, 6.45) is 2.82. The molecule has 0 bridgehead atoms. The third-order valence-electron chi connectivity index (χ3n) is 3.54. The largest absolute Gasteiger partial charge is 0.456 e. The number of carbonyl (C=O) groups is 1. The number of ether oxygens (including phenoxy) is 1. The first-order valence-electron chi connectivity index (χ1n) is 7.43. The van der Waals surface area contributed by atoms with E-state index < -0.39 is 23.4 Å². The number of nitrogens with two attached hydrogens (primary N) is 1. The highest BCUT2D eigenvalue weighted by Crippen LogP contribution is 2.33. The van der Waals surface area contributed by atoms with Crippen molar-refractivity contribution in [3.63, 3.8) is 0 Å². The SMILES string of the molecule is CC(C)(C)OC(=O)C1=CC=C(c2cccc(C#N)c2)C(N)C1(O)O. The van der Waals surface area contributed by atoms with Crippen molar-refractivity contribution in [2.75, 3.05) is 0 Å². The highest BCUT2D eigenvalue weighted by molar-refractivity contribution is 5.94. The van der Waals surface area contributed by atoms with Gasteiger partial charge in [-0.1, -0.05) is 18.2 Å². The van der Waals surface area contributed by atoms with Gasteiger partial charge in [0.2, 0.25) is 5.79 Å². The van der Waals surface area contributed by atoms with Crippen molar-refractivity contribution in [2.24, 2.45) is 5.73 Å². The molecule has 4 N–H and O–H groups in total. The van der Waals surface area contributed by atoms with Crippen LogP contribution in [0.15, 0.2) is 42.0 Å². The van der Waals surface area contributed by atoms with Gasteiger partial charge in [0.25, 0.3) is 0 Å². The summed E-state index contributed by atoms with van der Waals surface area (Å²) in [5, 5.41) is 29.7. The van der Waals surface area contributed by atoms with E-state index in [4.69, 9.17) is 15.7 Å². The number of benzene rings is 1. The van der Waals surface area contributed by atoms with E-state index in [0.29, 0.717) is 16.7 Å². The number of esters is 1. The van der Waals surface area contributed by atoms with E-state index in [1.807, 2.05) is 6.07 Å². The zero-order valence-corrected chi connectivity index (χ0v) is 13.8. The minimum atomic E-state index is -2.57. The van der Waals surface area contributed by atoms with Crippen LogP contribution < -0.4 is 5.73 Å². The first-order valence-corrected chi connectivity index (χ1v) is 7.43. The van der Waals surface area contributed by atoms with Crippen molar-refractivity contribution in [1.82, 2.24) is 0 Å². The Bertz CT molecular complexity index is 764. The zero-order valence-electron chi connectivity index (χ0n) is 13.8. The fourth-order valence-corrected chi connectivity index (χ4v) is 2.38. The minimum absolute atomic E-state index is 0.329. The van der Waals surface area contributed by atoms with Crippen molar-refractivity contribution in [1.29, 1.82) is 5.26 Å². The first-order chi connectivity index (χ1) is 11.1. The second-order valence-electron chi connectivity index (χ2n) is 6.60. The zero-order chi connectivity index (χ0) is 18.1. The van der Waals surface area contributed by atoms with Crippen LogP contribution in [0, 0.1) is 11.3 Å². The smallest absolute Gasteiger partial charge is 0.340 e. The maximum Gasteiger partial charge on any atom is 0.340 e. The Labute approximate surface area is 140 Å². The molecule has 0 radical (unpaired) electrons. The van der Waals surface area contributed by atoms with E-state index >= 15 is 0 Å². The van der Waals surface area contributed by atoms with Gasteiger partial charge in [-0.05, 0) is 50.1 Å². The summed E-state index contributed by atoms with van der Waals surface area (Å²) < 4.78 is 5.18. The molecule has 0 saturated carbocycles. The summed E-state index contributed by atoms with van der Waals surface area (Å²) in [7, 11) is 0. The summed E-state index contributed by atoms with van der Waals surface area (Å²) in [4.78, 5) is 12.2. The number of nitrogens with zero attached hydrogens (tertiary/aromatic N) is 1. The van der Waals surface area contributed by atoms with Crippen LogP contribution >= 0.6 is 0 Å². The van der Waals surface area contributed by atoms with Gasteiger partial charge in [0.1, 0.15) is 5.60 Å². The Kier molecular flexibility index (Phi) is 4.63. The van der Waals surface area contributed by atoms with Crippen LogP contribution in [0.3, 0.4) is 0 Å². The summed E-state index contributed by atoms with van der Waals surface area (Å²) in [6, 6.07) is 7.34. The predicted molar refractivity (Wildman–Crippen MR) is 88.2 cm³/mol. The van der Waals surface area contributed by atoms with Gasteiger partial charge in [0, 0.05) is 0 Å². The molecule has 0 aliphatic heterocycles. The molecule has 0 fully saturated rings. The molecule has 6 heteroatoms. The lowest BCUT2D eigenvalue weighted by Crippen LogP contribution is -2.53. The van der Waals surface area contributed by atoms with Gasteiger partial charge in [-0.25, -0.2) is 4.79 Å². The highest BCUT2D eigenvalue weighted by atomic mass is 16.6. The molecule has 0 saturated heterocycles. The Morgan fingerprint density at radius 1 is 1.33 bits per heavy atom. The normalized spacial score (nSPS) is 19.8. The Morgan fingerprint density at radius 2 is 2.00 bits per heavy atom. The molecule has 1 aliphatic carbocycles. The second-order valence-corrected chi connectivity index (χ2v) is 6.60. The number of rotatable bonds is 2. The Balaban J connectivity index is 2.44. The number of allylic oxidation sites excluding steroid dienone is 2. The van der Waals surface area contributed by atoms with E-state index in [0.717, 1.165) is 0 Å². The monoisotopic (exact) mass is 328 g/mol. The highest BCUT2D eigenvalue weighted by Gasteiger charge is 2.45. The summed E-state index contributed by atoms with van der Waals surface area (Å²) in [6.45, 7) is 5.04. The lowest BCUT2D eigenvalue weighted by molar-refractivity contribution is -0.168. The lowest BCUT2D eigenvalue weighted by atomic mass is 9.84. The molecule has 0 amide bonds. The Morgan fingerprint density at radius 3 is 2.58 bits per heavy atom. The van der Waals surface area contributed by atoms with Gasteiger partial charge < -0.3 is 20.7 Å². The second kappa shape index (κ2) is 6.21. The molecule has 0 spiro atoms. The average molecular weight is 328 g/mol. The topological polar surface area (TPSA) is 117 Å². The van der Waals surface area contributed by atoms with Gasteiger partial charge in [0.15, 0.2) is 0 Å². The summed E-state index contributed by atoms with van der Waals surface area (Å²) >= 11 is 0. The number of carbonyl (C=O) groups excluding carboxylic acids is 1.